The molecule has 1 amide bonds. The lowest BCUT2D eigenvalue weighted by atomic mass is 10.1. The molecule has 0 radical (unpaired) electrons. The van der Waals surface area contributed by atoms with Gasteiger partial charge in [-0.1, -0.05) is 0 Å². The molecule has 0 spiro atoms. The van der Waals surface area contributed by atoms with E-state index in [0.29, 0.717) is 31.2 Å². The second-order valence-corrected chi connectivity index (χ2v) is 6.51. The number of pyridine rings is 1. The first kappa shape index (κ1) is 17.2. The molecule has 3 aromatic heterocycles. The minimum Gasteiger partial charge on any atom is -0.481 e. The first-order chi connectivity index (χ1) is 13.0. The highest BCUT2D eigenvalue weighted by Gasteiger charge is 2.19. The number of nitrogens with one attached hydrogen (secondary N) is 1. The smallest absolute Gasteiger partial charge is 0.333 e. The minimum absolute atomic E-state index is 0.00549. The van der Waals surface area contributed by atoms with Crippen molar-refractivity contribution in [2.24, 2.45) is 7.05 Å². The predicted octanol–water partition coefficient (Wildman–Crippen LogP) is 0.0354. The number of methoxy groups -OCH3 is 1. The molecular formula is C18H20N6O3. The zero-order valence-electron chi connectivity index (χ0n) is 15.2. The van der Waals surface area contributed by atoms with Gasteiger partial charge in [-0.15, -0.1) is 0 Å². The zero-order chi connectivity index (χ0) is 19.0. The van der Waals surface area contributed by atoms with Crippen molar-refractivity contribution < 1.29 is 9.53 Å². The van der Waals surface area contributed by atoms with Crippen molar-refractivity contribution >= 4 is 11.6 Å². The predicted molar refractivity (Wildman–Crippen MR) is 98.5 cm³/mol. The maximum Gasteiger partial charge on any atom is 0.333 e. The molecular weight excluding hydrogens is 348 g/mol. The van der Waals surface area contributed by atoms with Gasteiger partial charge in [-0.05, 0) is 6.07 Å². The zero-order valence-corrected chi connectivity index (χ0v) is 15.2. The molecule has 27 heavy (non-hydrogen) atoms. The van der Waals surface area contributed by atoms with Gasteiger partial charge in [0.05, 0.1) is 19.3 Å². The Morgan fingerprint density at radius 2 is 2.11 bits per heavy atom. The highest BCUT2D eigenvalue weighted by atomic mass is 16.5. The molecule has 9 heteroatoms. The van der Waals surface area contributed by atoms with E-state index in [2.05, 4.69) is 15.3 Å². The van der Waals surface area contributed by atoms with Crippen LogP contribution >= 0.6 is 0 Å². The number of rotatable bonds is 4. The summed E-state index contributed by atoms with van der Waals surface area (Å²) in [6.07, 6.45) is 5.19. The van der Waals surface area contributed by atoms with Crippen molar-refractivity contribution in [1.82, 2.24) is 29.2 Å². The van der Waals surface area contributed by atoms with Gasteiger partial charge in [0.2, 0.25) is 11.8 Å². The Hall–Kier alpha value is -3.20. The molecule has 4 heterocycles. The average molecular weight is 368 g/mol. The summed E-state index contributed by atoms with van der Waals surface area (Å²) in [6.45, 7) is 2.23. The third-order valence-electron chi connectivity index (χ3n) is 4.59. The Morgan fingerprint density at radius 3 is 2.81 bits per heavy atom. The second kappa shape index (κ2) is 6.84. The molecule has 4 rings (SSSR count). The molecule has 1 N–H and O–H groups in total. The largest absolute Gasteiger partial charge is 0.481 e. The fourth-order valence-electron chi connectivity index (χ4n) is 3.24. The highest BCUT2D eigenvalue weighted by Crippen LogP contribution is 2.24. The number of ether oxygens (including phenoxy) is 1. The molecule has 1 aliphatic rings. The van der Waals surface area contributed by atoms with Gasteiger partial charge in [0, 0.05) is 62.5 Å². The number of nitrogens with zero attached hydrogens (tertiary/aromatic N) is 5. The Bertz CT molecular complexity index is 1050. The third kappa shape index (κ3) is 3.28. The summed E-state index contributed by atoms with van der Waals surface area (Å²) in [5.41, 5.74) is 2.78. The number of aromatic nitrogens is 4. The maximum absolute atomic E-state index is 12.5. The van der Waals surface area contributed by atoms with E-state index in [0.717, 1.165) is 23.4 Å². The highest BCUT2D eigenvalue weighted by molar-refractivity contribution is 5.79. The number of hydrogen-bond acceptors (Lipinski definition) is 6. The Labute approximate surface area is 155 Å². The van der Waals surface area contributed by atoms with Crippen LogP contribution < -0.4 is 15.7 Å². The Kier molecular flexibility index (Phi) is 4.36. The van der Waals surface area contributed by atoms with Crippen molar-refractivity contribution in [2.75, 3.05) is 26.7 Å². The average Bonchev–Trinajstić information content (AvgIpc) is 3.09. The third-order valence-corrected chi connectivity index (χ3v) is 4.59. The summed E-state index contributed by atoms with van der Waals surface area (Å²) in [4.78, 5) is 35.0. The van der Waals surface area contributed by atoms with E-state index in [4.69, 9.17) is 4.74 Å². The van der Waals surface area contributed by atoms with Crippen LogP contribution in [0.25, 0.3) is 16.8 Å². The molecule has 1 saturated heterocycles. The van der Waals surface area contributed by atoms with E-state index in [1.165, 1.54) is 4.57 Å². The summed E-state index contributed by atoms with van der Waals surface area (Å²) in [6, 6.07) is 3.65. The molecule has 1 fully saturated rings. The number of piperazine rings is 1. The van der Waals surface area contributed by atoms with Crippen LogP contribution in [0.5, 0.6) is 5.88 Å². The van der Waals surface area contributed by atoms with Gasteiger partial charge in [0.25, 0.3) is 0 Å². The van der Waals surface area contributed by atoms with Crippen molar-refractivity contribution in [3.8, 4) is 17.0 Å². The van der Waals surface area contributed by atoms with Gasteiger partial charge in [0.15, 0.2) is 5.65 Å². The first-order valence-electron chi connectivity index (χ1n) is 8.62. The number of amides is 1. The van der Waals surface area contributed by atoms with Crippen LogP contribution in [0.15, 0.2) is 35.5 Å². The van der Waals surface area contributed by atoms with Crippen molar-refractivity contribution in [2.45, 2.75) is 6.54 Å². The second-order valence-electron chi connectivity index (χ2n) is 6.51. The van der Waals surface area contributed by atoms with Gasteiger partial charge in [-0.3, -0.25) is 14.1 Å². The number of carbonyl (C=O) groups excluding carboxylic acids is 1. The summed E-state index contributed by atoms with van der Waals surface area (Å²) in [7, 11) is 3.27. The normalized spacial score (nSPS) is 15.1. The maximum atomic E-state index is 12.5. The van der Waals surface area contributed by atoms with Crippen molar-refractivity contribution in [3.63, 3.8) is 0 Å². The van der Waals surface area contributed by atoms with Crippen molar-refractivity contribution in [1.29, 1.82) is 0 Å². The summed E-state index contributed by atoms with van der Waals surface area (Å²) >= 11 is 0. The molecule has 0 aliphatic carbocycles. The fraction of sp³-hybridized carbons (Fsp3) is 0.333. The Balaban J connectivity index is 1.75. The van der Waals surface area contributed by atoms with E-state index in [9.17, 15) is 9.59 Å². The van der Waals surface area contributed by atoms with Crippen LogP contribution in [0.1, 0.15) is 5.69 Å². The van der Waals surface area contributed by atoms with Crippen LogP contribution in [0.2, 0.25) is 0 Å². The molecule has 0 saturated carbocycles. The monoisotopic (exact) mass is 368 g/mol. The molecule has 0 bridgehead atoms. The molecule has 0 unspecified atom stereocenters. The van der Waals surface area contributed by atoms with Gasteiger partial charge in [-0.25, -0.2) is 14.8 Å². The first-order valence-corrected chi connectivity index (χ1v) is 8.62. The molecule has 9 nitrogen and oxygen atoms in total. The number of carbonyl (C=O) groups is 1. The lowest BCUT2D eigenvalue weighted by Gasteiger charge is -2.25. The van der Waals surface area contributed by atoms with Crippen LogP contribution in [0.4, 0.5) is 0 Å². The molecule has 140 valence electrons. The molecule has 1 aliphatic heterocycles. The van der Waals surface area contributed by atoms with Gasteiger partial charge >= 0.3 is 5.69 Å². The number of aryl methyl sites for hydroxylation is 1. The van der Waals surface area contributed by atoms with E-state index >= 15 is 0 Å². The number of hydrogen-bond donors (Lipinski definition) is 1. The van der Waals surface area contributed by atoms with E-state index < -0.39 is 0 Å². The quantitative estimate of drug-likeness (QED) is 0.699. The van der Waals surface area contributed by atoms with Crippen LogP contribution in [-0.4, -0.2) is 56.5 Å². The summed E-state index contributed by atoms with van der Waals surface area (Å²) in [5.74, 6) is 0.526. The molecule has 0 aromatic carbocycles. The number of fused-ring (bicyclic) bond motifs is 1. The lowest BCUT2D eigenvalue weighted by Crippen LogP contribution is -2.47. The Morgan fingerprint density at radius 1 is 1.26 bits per heavy atom. The topological polar surface area (TPSA) is 93.8 Å². The van der Waals surface area contributed by atoms with E-state index in [-0.39, 0.29) is 11.6 Å². The van der Waals surface area contributed by atoms with Crippen LogP contribution in [-0.2, 0) is 18.4 Å². The number of imidazole rings is 1. The van der Waals surface area contributed by atoms with Crippen LogP contribution in [0, 0.1) is 0 Å². The van der Waals surface area contributed by atoms with Gasteiger partial charge in [0.1, 0.15) is 0 Å². The van der Waals surface area contributed by atoms with Gasteiger partial charge < -0.3 is 14.6 Å². The lowest BCUT2D eigenvalue weighted by molar-refractivity contribution is -0.124. The minimum atomic E-state index is -0.176. The van der Waals surface area contributed by atoms with Crippen molar-refractivity contribution in [3.05, 3.63) is 46.9 Å². The molecule has 3 aromatic rings. The summed E-state index contributed by atoms with van der Waals surface area (Å²) in [5, 5.41) is 2.80. The van der Waals surface area contributed by atoms with Crippen LogP contribution in [0.3, 0.4) is 0 Å². The van der Waals surface area contributed by atoms with E-state index in [1.54, 1.807) is 43.2 Å². The SMILES string of the molecule is COc1ccc(-c2cn(C)c(=O)n3cc(CN4CCNC(=O)C4)nc23)cn1. The summed E-state index contributed by atoms with van der Waals surface area (Å²) < 4.78 is 8.17. The fourth-order valence-corrected chi connectivity index (χ4v) is 3.24. The van der Waals surface area contributed by atoms with E-state index in [1.807, 2.05) is 11.0 Å². The molecule has 0 atom stereocenters. The van der Waals surface area contributed by atoms with Gasteiger partial charge in [-0.2, -0.15) is 0 Å². The standard InChI is InChI=1S/C18H20N6O3/c1-22-10-14(12-3-4-16(27-2)20-7-12)17-21-13(9-24(17)18(22)26)8-23-6-5-19-15(25)11-23/h3-4,7,9-10H,5-6,8,11H2,1-2H3,(H,19,25).